The van der Waals surface area contributed by atoms with E-state index in [0.717, 1.165) is 61.1 Å². The summed E-state index contributed by atoms with van der Waals surface area (Å²) < 4.78 is 0. The van der Waals surface area contributed by atoms with Crippen molar-refractivity contribution in [3.8, 4) is 0 Å². The van der Waals surface area contributed by atoms with Crippen molar-refractivity contribution >= 4 is 17.2 Å². The summed E-state index contributed by atoms with van der Waals surface area (Å²) in [5, 5.41) is 3.25. The molecule has 3 heterocycles. The van der Waals surface area contributed by atoms with Crippen molar-refractivity contribution in [3.05, 3.63) is 45.7 Å². The Bertz CT molecular complexity index is 683. The van der Waals surface area contributed by atoms with Crippen molar-refractivity contribution in [1.82, 2.24) is 19.8 Å². The number of carbonyl (C=O) groups is 1. The zero-order valence-electron chi connectivity index (χ0n) is 14.4. The van der Waals surface area contributed by atoms with Crippen LogP contribution in [0.1, 0.15) is 28.4 Å². The van der Waals surface area contributed by atoms with Gasteiger partial charge in [0.25, 0.3) is 0 Å². The van der Waals surface area contributed by atoms with Gasteiger partial charge < -0.3 is 4.90 Å². The molecule has 1 fully saturated rings. The van der Waals surface area contributed by atoms with Gasteiger partial charge >= 0.3 is 0 Å². The summed E-state index contributed by atoms with van der Waals surface area (Å²) in [6.45, 7) is 8.44. The third-order valence-electron chi connectivity index (χ3n) is 4.32. The molecule has 5 nitrogen and oxygen atoms in total. The van der Waals surface area contributed by atoms with Crippen molar-refractivity contribution in [1.29, 1.82) is 0 Å². The van der Waals surface area contributed by atoms with Gasteiger partial charge in [-0.15, -0.1) is 11.3 Å². The van der Waals surface area contributed by atoms with Crippen molar-refractivity contribution < 1.29 is 4.79 Å². The molecule has 2 aromatic heterocycles. The number of carbonyl (C=O) groups excluding carboxylic acids is 1. The number of hydrogen-bond acceptors (Lipinski definition) is 5. The van der Waals surface area contributed by atoms with Crippen molar-refractivity contribution in [2.75, 3.05) is 26.2 Å². The van der Waals surface area contributed by atoms with E-state index in [0.29, 0.717) is 6.42 Å². The lowest BCUT2D eigenvalue weighted by Crippen LogP contribution is -2.36. The Hall–Kier alpha value is -1.79. The number of rotatable bonds is 4. The second-order valence-corrected chi connectivity index (χ2v) is 7.42. The van der Waals surface area contributed by atoms with Crippen LogP contribution in [0.25, 0.3) is 0 Å². The van der Waals surface area contributed by atoms with E-state index in [-0.39, 0.29) is 5.91 Å². The molecule has 2 aromatic rings. The molecule has 1 aliphatic rings. The first kappa shape index (κ1) is 17.0. The van der Waals surface area contributed by atoms with E-state index < -0.39 is 0 Å². The van der Waals surface area contributed by atoms with Crippen molar-refractivity contribution in [2.24, 2.45) is 0 Å². The first-order chi connectivity index (χ1) is 11.6. The van der Waals surface area contributed by atoms with Crippen LogP contribution in [-0.4, -0.2) is 51.9 Å². The lowest BCUT2D eigenvalue weighted by molar-refractivity contribution is -0.130. The number of aromatic nitrogens is 2. The minimum Gasteiger partial charge on any atom is -0.341 e. The maximum atomic E-state index is 12.5. The monoisotopic (exact) mass is 344 g/mol. The van der Waals surface area contributed by atoms with Gasteiger partial charge in [-0.05, 0) is 31.9 Å². The molecule has 1 amide bonds. The van der Waals surface area contributed by atoms with E-state index in [9.17, 15) is 4.79 Å². The second-order valence-electron chi connectivity index (χ2n) is 6.35. The normalized spacial score (nSPS) is 16.2. The largest absolute Gasteiger partial charge is 0.341 e. The van der Waals surface area contributed by atoms with Crippen LogP contribution in [0, 0.1) is 13.8 Å². The first-order valence-corrected chi connectivity index (χ1v) is 9.31. The van der Waals surface area contributed by atoms with Gasteiger partial charge in [-0.3, -0.25) is 14.7 Å². The molecule has 0 aliphatic carbocycles. The summed E-state index contributed by atoms with van der Waals surface area (Å²) in [7, 11) is 0. The first-order valence-electron chi connectivity index (χ1n) is 8.43. The van der Waals surface area contributed by atoms with Gasteiger partial charge in [0, 0.05) is 50.0 Å². The molecule has 0 radical (unpaired) electrons. The van der Waals surface area contributed by atoms with Crippen LogP contribution < -0.4 is 0 Å². The molecular formula is C18H24N4OS. The fourth-order valence-corrected chi connectivity index (χ4v) is 3.58. The number of pyridine rings is 1. The highest BCUT2D eigenvalue weighted by Crippen LogP contribution is 2.13. The molecule has 1 saturated heterocycles. The maximum absolute atomic E-state index is 12.5. The third kappa shape index (κ3) is 4.61. The Balaban J connectivity index is 1.52. The Labute approximate surface area is 147 Å². The summed E-state index contributed by atoms with van der Waals surface area (Å²) in [6.07, 6.45) is 3.27. The molecule has 0 spiro atoms. The van der Waals surface area contributed by atoms with Gasteiger partial charge in [0.05, 0.1) is 17.1 Å². The number of hydrogen-bond donors (Lipinski definition) is 0. The summed E-state index contributed by atoms with van der Waals surface area (Å²) in [5.41, 5.74) is 3.11. The van der Waals surface area contributed by atoms with Gasteiger partial charge in [0.2, 0.25) is 5.91 Å². The van der Waals surface area contributed by atoms with Crippen molar-refractivity contribution in [2.45, 2.75) is 33.2 Å². The molecule has 0 atom stereocenters. The number of amides is 1. The van der Waals surface area contributed by atoms with Crippen LogP contribution in [-0.2, 0) is 17.8 Å². The van der Waals surface area contributed by atoms with Gasteiger partial charge in [-0.1, -0.05) is 6.07 Å². The summed E-state index contributed by atoms with van der Waals surface area (Å²) in [6, 6.07) is 3.96. The zero-order valence-corrected chi connectivity index (χ0v) is 15.2. The lowest BCUT2D eigenvalue weighted by Gasteiger charge is -2.21. The minimum atomic E-state index is 0.201. The van der Waals surface area contributed by atoms with E-state index in [4.69, 9.17) is 0 Å². The van der Waals surface area contributed by atoms with Crippen LogP contribution >= 0.6 is 11.3 Å². The van der Waals surface area contributed by atoms with E-state index in [1.807, 2.05) is 37.1 Å². The highest BCUT2D eigenvalue weighted by Gasteiger charge is 2.19. The summed E-state index contributed by atoms with van der Waals surface area (Å²) >= 11 is 1.70. The van der Waals surface area contributed by atoms with E-state index in [2.05, 4.69) is 20.2 Å². The van der Waals surface area contributed by atoms with E-state index >= 15 is 0 Å². The van der Waals surface area contributed by atoms with Crippen LogP contribution in [0.15, 0.2) is 23.7 Å². The van der Waals surface area contributed by atoms with Gasteiger partial charge in [0.1, 0.15) is 0 Å². The van der Waals surface area contributed by atoms with Gasteiger partial charge in [-0.2, -0.15) is 0 Å². The van der Waals surface area contributed by atoms with Crippen LogP contribution in [0.5, 0.6) is 0 Å². The predicted molar refractivity (Wildman–Crippen MR) is 96.0 cm³/mol. The second kappa shape index (κ2) is 7.85. The Morgan fingerprint density at radius 1 is 1.21 bits per heavy atom. The maximum Gasteiger partial charge on any atom is 0.227 e. The van der Waals surface area contributed by atoms with Crippen LogP contribution in [0.3, 0.4) is 0 Å². The Morgan fingerprint density at radius 3 is 2.79 bits per heavy atom. The summed E-state index contributed by atoms with van der Waals surface area (Å²) in [5.74, 6) is 0.201. The molecule has 0 N–H and O–H groups in total. The molecule has 3 rings (SSSR count). The third-order valence-corrected chi connectivity index (χ3v) is 5.14. The highest BCUT2D eigenvalue weighted by atomic mass is 32.1. The molecule has 128 valence electrons. The quantitative estimate of drug-likeness (QED) is 0.855. The van der Waals surface area contributed by atoms with Crippen LogP contribution in [0.2, 0.25) is 0 Å². The van der Waals surface area contributed by atoms with Crippen molar-refractivity contribution in [3.63, 3.8) is 0 Å². The minimum absolute atomic E-state index is 0.201. The molecule has 0 aromatic carbocycles. The standard InChI is InChI=1S/C18H24N4OS/c1-14-4-5-16(11-19-14)10-18(23)22-7-3-6-21(8-9-22)12-17-13-24-15(2)20-17/h4-5,11,13H,3,6-10,12H2,1-2H3. The lowest BCUT2D eigenvalue weighted by atomic mass is 10.2. The smallest absolute Gasteiger partial charge is 0.227 e. The molecular weight excluding hydrogens is 320 g/mol. The zero-order chi connectivity index (χ0) is 16.9. The number of aryl methyl sites for hydroxylation is 2. The van der Waals surface area contributed by atoms with Gasteiger partial charge in [-0.25, -0.2) is 4.98 Å². The highest BCUT2D eigenvalue weighted by molar-refractivity contribution is 7.09. The molecule has 6 heteroatoms. The Morgan fingerprint density at radius 2 is 2.08 bits per heavy atom. The number of thiazole rings is 1. The topological polar surface area (TPSA) is 49.3 Å². The fourth-order valence-electron chi connectivity index (χ4n) is 2.98. The van der Waals surface area contributed by atoms with Gasteiger partial charge in [0.15, 0.2) is 0 Å². The number of nitrogens with zero attached hydrogens (tertiary/aromatic N) is 4. The predicted octanol–water partition coefficient (Wildman–Crippen LogP) is 2.43. The fraction of sp³-hybridized carbons (Fsp3) is 0.500. The molecule has 0 saturated carbocycles. The van der Waals surface area contributed by atoms with E-state index in [1.165, 1.54) is 0 Å². The molecule has 0 unspecified atom stereocenters. The average molecular weight is 344 g/mol. The SMILES string of the molecule is Cc1ccc(CC(=O)N2CCCN(Cc3csc(C)n3)CC2)cn1. The molecule has 1 aliphatic heterocycles. The average Bonchev–Trinajstić information content (AvgIpc) is 2.82. The summed E-state index contributed by atoms with van der Waals surface area (Å²) in [4.78, 5) is 25.7. The molecule has 24 heavy (non-hydrogen) atoms. The van der Waals surface area contributed by atoms with E-state index in [1.54, 1.807) is 11.3 Å². The Kier molecular flexibility index (Phi) is 5.58. The molecule has 0 bridgehead atoms. The van der Waals surface area contributed by atoms with Crippen LogP contribution in [0.4, 0.5) is 0 Å².